The summed E-state index contributed by atoms with van der Waals surface area (Å²) in [7, 11) is 0. The number of rotatable bonds is 4. The number of piperidine rings is 1. The average molecular weight is 326 g/mol. The highest BCUT2D eigenvalue weighted by Crippen LogP contribution is 2.30. The lowest BCUT2D eigenvalue weighted by Crippen LogP contribution is -2.48. The molecule has 120 valence electrons. The van der Waals surface area contributed by atoms with Crippen molar-refractivity contribution in [2.24, 2.45) is 5.92 Å². The largest absolute Gasteiger partial charge is 0.349 e. The minimum absolute atomic E-state index is 0.0304. The lowest BCUT2D eigenvalue weighted by Gasteiger charge is -2.30. The maximum Gasteiger partial charge on any atom is 0.252 e. The second-order valence-corrected chi connectivity index (χ2v) is 7.08. The van der Waals surface area contributed by atoms with Crippen LogP contribution < -0.4 is 10.6 Å². The van der Waals surface area contributed by atoms with E-state index in [9.17, 15) is 4.79 Å². The zero-order chi connectivity index (χ0) is 16.1. The SMILES string of the molecule is CC1CNCCC1NC(=O)c1ccccc1Sc1ccccc1. The number of amides is 1. The molecule has 1 heterocycles. The van der Waals surface area contributed by atoms with E-state index < -0.39 is 0 Å². The lowest BCUT2D eigenvalue weighted by atomic mass is 9.95. The lowest BCUT2D eigenvalue weighted by molar-refractivity contribution is 0.0911. The standard InChI is InChI=1S/C19H22N2OS/c1-14-13-20-12-11-17(14)21-19(22)16-9-5-6-10-18(16)23-15-7-3-2-4-8-15/h2-10,14,17,20H,11-13H2,1H3,(H,21,22). The van der Waals surface area contributed by atoms with E-state index >= 15 is 0 Å². The molecule has 2 N–H and O–H groups in total. The summed E-state index contributed by atoms with van der Waals surface area (Å²) < 4.78 is 0. The van der Waals surface area contributed by atoms with Crippen molar-refractivity contribution >= 4 is 17.7 Å². The molecular weight excluding hydrogens is 304 g/mol. The summed E-state index contributed by atoms with van der Waals surface area (Å²) in [6, 6.07) is 18.2. The minimum Gasteiger partial charge on any atom is -0.349 e. The Morgan fingerprint density at radius 1 is 1.13 bits per heavy atom. The molecule has 0 saturated carbocycles. The van der Waals surface area contributed by atoms with Gasteiger partial charge >= 0.3 is 0 Å². The number of benzene rings is 2. The second kappa shape index (κ2) is 7.66. The molecule has 1 aliphatic rings. The van der Waals surface area contributed by atoms with Crippen molar-refractivity contribution in [1.29, 1.82) is 0 Å². The van der Waals surface area contributed by atoms with Crippen LogP contribution in [0.15, 0.2) is 64.4 Å². The van der Waals surface area contributed by atoms with Crippen LogP contribution in [-0.2, 0) is 0 Å². The number of carbonyl (C=O) groups excluding carboxylic acids is 1. The first-order valence-electron chi connectivity index (χ1n) is 8.07. The molecule has 3 rings (SSSR count). The van der Waals surface area contributed by atoms with Gasteiger partial charge < -0.3 is 10.6 Å². The van der Waals surface area contributed by atoms with Crippen LogP contribution in [-0.4, -0.2) is 25.0 Å². The van der Waals surface area contributed by atoms with Crippen molar-refractivity contribution in [3.05, 3.63) is 60.2 Å². The van der Waals surface area contributed by atoms with Crippen LogP contribution in [0, 0.1) is 5.92 Å². The van der Waals surface area contributed by atoms with Gasteiger partial charge in [-0.2, -0.15) is 0 Å². The molecule has 23 heavy (non-hydrogen) atoms. The van der Waals surface area contributed by atoms with Crippen LogP contribution >= 0.6 is 11.8 Å². The van der Waals surface area contributed by atoms with E-state index in [1.165, 1.54) is 0 Å². The molecule has 0 aliphatic carbocycles. The molecule has 2 aromatic carbocycles. The van der Waals surface area contributed by atoms with Gasteiger partial charge in [0.15, 0.2) is 0 Å². The normalized spacial score (nSPS) is 20.9. The summed E-state index contributed by atoms with van der Waals surface area (Å²) in [5.41, 5.74) is 0.757. The fraction of sp³-hybridized carbons (Fsp3) is 0.316. The molecule has 1 aliphatic heterocycles. The summed E-state index contributed by atoms with van der Waals surface area (Å²) in [5, 5.41) is 6.58. The van der Waals surface area contributed by atoms with Crippen LogP contribution in [0.5, 0.6) is 0 Å². The predicted molar refractivity (Wildman–Crippen MR) is 94.9 cm³/mol. The number of hydrogen-bond donors (Lipinski definition) is 2. The first-order valence-corrected chi connectivity index (χ1v) is 8.89. The van der Waals surface area contributed by atoms with Crippen molar-refractivity contribution < 1.29 is 4.79 Å². The molecule has 1 fully saturated rings. The van der Waals surface area contributed by atoms with Crippen molar-refractivity contribution in [2.75, 3.05) is 13.1 Å². The van der Waals surface area contributed by atoms with E-state index in [0.29, 0.717) is 5.92 Å². The molecule has 1 amide bonds. The van der Waals surface area contributed by atoms with E-state index in [0.717, 1.165) is 34.9 Å². The zero-order valence-electron chi connectivity index (χ0n) is 13.3. The van der Waals surface area contributed by atoms with Crippen molar-refractivity contribution in [2.45, 2.75) is 29.2 Å². The Morgan fingerprint density at radius 2 is 1.87 bits per heavy atom. The minimum atomic E-state index is 0.0304. The van der Waals surface area contributed by atoms with Gasteiger partial charge in [0.2, 0.25) is 0 Å². The maximum atomic E-state index is 12.7. The monoisotopic (exact) mass is 326 g/mol. The number of hydrogen-bond acceptors (Lipinski definition) is 3. The zero-order valence-corrected chi connectivity index (χ0v) is 14.1. The average Bonchev–Trinajstić information content (AvgIpc) is 2.58. The number of carbonyl (C=O) groups is 1. The summed E-state index contributed by atoms with van der Waals surface area (Å²) in [5.74, 6) is 0.490. The Hall–Kier alpha value is -1.78. The fourth-order valence-electron chi connectivity index (χ4n) is 2.83. The molecule has 2 unspecified atom stereocenters. The smallest absolute Gasteiger partial charge is 0.252 e. The maximum absolute atomic E-state index is 12.7. The van der Waals surface area contributed by atoms with Gasteiger partial charge in [-0.1, -0.05) is 49.0 Å². The van der Waals surface area contributed by atoms with Crippen molar-refractivity contribution in [3.63, 3.8) is 0 Å². The van der Waals surface area contributed by atoms with Crippen LogP contribution in [0.3, 0.4) is 0 Å². The van der Waals surface area contributed by atoms with Gasteiger partial charge in [-0.3, -0.25) is 4.79 Å². The second-order valence-electron chi connectivity index (χ2n) is 5.96. The summed E-state index contributed by atoms with van der Waals surface area (Å²) >= 11 is 1.63. The van der Waals surface area contributed by atoms with E-state index in [1.54, 1.807) is 11.8 Å². The van der Waals surface area contributed by atoms with E-state index in [1.807, 2.05) is 42.5 Å². The molecule has 4 heteroatoms. The fourth-order valence-corrected chi connectivity index (χ4v) is 3.80. The topological polar surface area (TPSA) is 41.1 Å². The Morgan fingerprint density at radius 3 is 2.65 bits per heavy atom. The summed E-state index contributed by atoms with van der Waals surface area (Å²) in [6.45, 7) is 4.11. The third-order valence-electron chi connectivity index (χ3n) is 4.20. The van der Waals surface area contributed by atoms with Gasteiger partial charge in [-0.15, -0.1) is 0 Å². The van der Waals surface area contributed by atoms with E-state index in [4.69, 9.17) is 0 Å². The molecule has 3 nitrogen and oxygen atoms in total. The van der Waals surface area contributed by atoms with Gasteiger partial charge in [0.05, 0.1) is 5.56 Å². The Bertz CT molecular complexity index is 659. The van der Waals surface area contributed by atoms with E-state index in [-0.39, 0.29) is 11.9 Å². The highest BCUT2D eigenvalue weighted by Gasteiger charge is 2.23. The Kier molecular flexibility index (Phi) is 5.36. The predicted octanol–water partition coefficient (Wildman–Crippen LogP) is 3.57. The molecule has 2 aromatic rings. The quantitative estimate of drug-likeness (QED) is 0.902. The molecule has 0 radical (unpaired) electrons. The highest BCUT2D eigenvalue weighted by molar-refractivity contribution is 7.99. The summed E-state index contributed by atoms with van der Waals surface area (Å²) in [4.78, 5) is 14.9. The molecule has 0 aromatic heterocycles. The number of nitrogens with one attached hydrogen (secondary N) is 2. The molecule has 2 atom stereocenters. The van der Waals surface area contributed by atoms with Crippen LogP contribution in [0.4, 0.5) is 0 Å². The Balaban J connectivity index is 1.75. The van der Waals surface area contributed by atoms with Gasteiger partial charge in [0.25, 0.3) is 5.91 Å². The third kappa shape index (κ3) is 4.15. The third-order valence-corrected chi connectivity index (χ3v) is 5.29. The van der Waals surface area contributed by atoms with Gasteiger partial charge in [-0.05, 0) is 49.7 Å². The Labute approximate surface area is 141 Å². The van der Waals surface area contributed by atoms with Gasteiger partial charge in [-0.25, -0.2) is 0 Å². The molecular formula is C19H22N2OS. The first kappa shape index (κ1) is 16.1. The van der Waals surface area contributed by atoms with Crippen molar-refractivity contribution in [1.82, 2.24) is 10.6 Å². The van der Waals surface area contributed by atoms with E-state index in [2.05, 4.69) is 29.7 Å². The van der Waals surface area contributed by atoms with Gasteiger partial charge in [0, 0.05) is 15.8 Å². The molecule has 0 spiro atoms. The first-order chi connectivity index (χ1) is 11.2. The van der Waals surface area contributed by atoms with Crippen LogP contribution in [0.1, 0.15) is 23.7 Å². The molecule has 1 saturated heterocycles. The molecule has 0 bridgehead atoms. The van der Waals surface area contributed by atoms with Gasteiger partial charge in [0.1, 0.15) is 0 Å². The van der Waals surface area contributed by atoms with Crippen LogP contribution in [0.25, 0.3) is 0 Å². The van der Waals surface area contributed by atoms with Crippen LogP contribution in [0.2, 0.25) is 0 Å². The van der Waals surface area contributed by atoms with Crippen molar-refractivity contribution in [3.8, 4) is 0 Å². The summed E-state index contributed by atoms with van der Waals surface area (Å²) in [6.07, 6.45) is 0.987. The highest BCUT2D eigenvalue weighted by atomic mass is 32.2.